The Morgan fingerprint density at radius 1 is 1.17 bits per heavy atom. The zero-order valence-corrected chi connectivity index (χ0v) is 13.9. The van der Waals surface area contributed by atoms with Crippen LogP contribution in [0.3, 0.4) is 0 Å². The van der Waals surface area contributed by atoms with Crippen molar-refractivity contribution in [1.29, 1.82) is 0 Å². The minimum absolute atomic E-state index is 0.489. The molecule has 1 aliphatic heterocycles. The van der Waals surface area contributed by atoms with Crippen LogP contribution in [0.4, 0.5) is 0 Å². The van der Waals surface area contributed by atoms with Crippen LogP contribution in [0.2, 0.25) is 5.02 Å². The Hall–Kier alpha value is -1.47. The van der Waals surface area contributed by atoms with Gasteiger partial charge in [-0.05, 0) is 24.6 Å². The normalized spacial score (nSPS) is 18.2. The fourth-order valence-corrected chi connectivity index (χ4v) is 2.89. The maximum absolute atomic E-state index is 10.3. The second kappa shape index (κ2) is 7.40. The molecule has 1 saturated heterocycles. The van der Waals surface area contributed by atoms with Gasteiger partial charge in [0.15, 0.2) is 5.82 Å². The third-order valence-corrected chi connectivity index (χ3v) is 4.33. The van der Waals surface area contributed by atoms with Gasteiger partial charge < -0.3 is 9.63 Å². The van der Waals surface area contributed by atoms with E-state index >= 15 is 0 Å². The highest BCUT2D eigenvalue weighted by Crippen LogP contribution is 2.18. The van der Waals surface area contributed by atoms with Crippen molar-refractivity contribution < 1.29 is 9.63 Å². The molecule has 2 aromatic rings. The number of aryl methyl sites for hydroxylation is 1. The third-order valence-electron chi connectivity index (χ3n) is 4.08. The summed E-state index contributed by atoms with van der Waals surface area (Å²) in [5.74, 6) is 1.34. The summed E-state index contributed by atoms with van der Waals surface area (Å²) in [7, 11) is 0. The highest BCUT2D eigenvalue weighted by molar-refractivity contribution is 6.30. The van der Waals surface area contributed by atoms with Gasteiger partial charge in [-0.3, -0.25) is 9.80 Å². The maximum atomic E-state index is 10.3. The zero-order valence-electron chi connectivity index (χ0n) is 13.2. The first-order chi connectivity index (χ1) is 11.1. The lowest BCUT2D eigenvalue weighted by Crippen LogP contribution is -2.47. The van der Waals surface area contributed by atoms with Gasteiger partial charge in [0.05, 0.1) is 12.6 Å². The van der Waals surface area contributed by atoms with E-state index in [1.807, 2.05) is 31.2 Å². The predicted octanol–water partition coefficient (Wildman–Crippen LogP) is 1.88. The van der Waals surface area contributed by atoms with Gasteiger partial charge in [-0.2, -0.15) is 4.98 Å². The Morgan fingerprint density at radius 2 is 1.83 bits per heavy atom. The second-order valence-electron chi connectivity index (χ2n) is 5.88. The molecule has 0 aliphatic carbocycles. The largest absolute Gasteiger partial charge is 0.387 e. The number of rotatable bonds is 5. The highest BCUT2D eigenvalue weighted by Gasteiger charge is 2.21. The number of halogens is 1. The Kier molecular flexibility index (Phi) is 5.27. The molecule has 1 aromatic heterocycles. The van der Waals surface area contributed by atoms with Gasteiger partial charge in [0.2, 0.25) is 5.89 Å². The first-order valence-electron chi connectivity index (χ1n) is 7.77. The molecule has 23 heavy (non-hydrogen) atoms. The molecule has 0 radical (unpaired) electrons. The van der Waals surface area contributed by atoms with E-state index < -0.39 is 6.10 Å². The average molecular weight is 337 g/mol. The van der Waals surface area contributed by atoms with Crippen molar-refractivity contribution in [2.75, 3.05) is 32.7 Å². The average Bonchev–Trinajstić information content (AvgIpc) is 2.95. The molecule has 3 rings (SSSR count). The highest BCUT2D eigenvalue weighted by atomic mass is 35.5. The molecule has 124 valence electrons. The minimum atomic E-state index is -0.489. The molecule has 1 fully saturated rings. The van der Waals surface area contributed by atoms with Crippen LogP contribution in [-0.2, 0) is 6.54 Å². The molecule has 0 saturated carbocycles. The molecule has 7 heteroatoms. The van der Waals surface area contributed by atoms with Crippen molar-refractivity contribution in [2.45, 2.75) is 19.6 Å². The molecule has 2 heterocycles. The number of hydrogen-bond acceptors (Lipinski definition) is 6. The Morgan fingerprint density at radius 3 is 2.43 bits per heavy atom. The number of piperazine rings is 1. The minimum Gasteiger partial charge on any atom is -0.387 e. The molecule has 1 atom stereocenters. The number of benzene rings is 1. The number of aliphatic hydroxyl groups is 1. The van der Waals surface area contributed by atoms with E-state index in [4.69, 9.17) is 16.1 Å². The molecule has 1 N–H and O–H groups in total. The smallest absolute Gasteiger partial charge is 0.240 e. The van der Waals surface area contributed by atoms with Crippen LogP contribution in [0.25, 0.3) is 0 Å². The summed E-state index contributed by atoms with van der Waals surface area (Å²) in [6.45, 7) is 6.83. The van der Waals surface area contributed by atoms with Gasteiger partial charge in [0.1, 0.15) is 0 Å². The number of β-amino-alcohol motifs (C(OH)–C–C–N with tert-alkyl or cyclic N) is 1. The van der Waals surface area contributed by atoms with Crippen LogP contribution in [0, 0.1) is 6.92 Å². The number of nitrogens with zero attached hydrogens (tertiary/aromatic N) is 4. The van der Waals surface area contributed by atoms with Gasteiger partial charge in [0.25, 0.3) is 0 Å². The van der Waals surface area contributed by atoms with Gasteiger partial charge in [-0.15, -0.1) is 0 Å². The summed E-state index contributed by atoms with van der Waals surface area (Å²) < 4.78 is 5.16. The third kappa shape index (κ3) is 4.51. The van der Waals surface area contributed by atoms with Crippen LogP contribution < -0.4 is 0 Å². The van der Waals surface area contributed by atoms with Crippen LogP contribution in [0.5, 0.6) is 0 Å². The van der Waals surface area contributed by atoms with E-state index in [1.165, 1.54) is 0 Å². The summed E-state index contributed by atoms with van der Waals surface area (Å²) in [4.78, 5) is 8.80. The number of hydrogen-bond donors (Lipinski definition) is 1. The summed E-state index contributed by atoms with van der Waals surface area (Å²) in [5.41, 5.74) is 0.901. The standard InChI is InChI=1S/C16H21ClN4O2/c1-12-18-16(23-19-12)11-21-8-6-20(7-9-21)10-15(22)13-2-4-14(17)5-3-13/h2-5,15,22H,6-11H2,1H3. The topological polar surface area (TPSA) is 65.6 Å². The van der Waals surface area contributed by atoms with Gasteiger partial charge in [0, 0.05) is 37.7 Å². The molecule has 0 bridgehead atoms. The zero-order chi connectivity index (χ0) is 16.2. The Bertz CT molecular complexity index is 623. The first-order valence-corrected chi connectivity index (χ1v) is 8.15. The Balaban J connectivity index is 1.46. The number of aliphatic hydroxyl groups excluding tert-OH is 1. The summed E-state index contributed by atoms with van der Waals surface area (Å²) in [6, 6.07) is 7.37. The van der Waals surface area contributed by atoms with Crippen molar-refractivity contribution in [2.24, 2.45) is 0 Å². The summed E-state index contributed by atoms with van der Waals surface area (Å²) >= 11 is 5.88. The number of aromatic nitrogens is 2. The van der Waals surface area contributed by atoms with E-state index in [0.29, 0.717) is 29.8 Å². The van der Waals surface area contributed by atoms with Crippen molar-refractivity contribution in [3.8, 4) is 0 Å². The monoisotopic (exact) mass is 336 g/mol. The molecule has 1 aromatic carbocycles. The molecular weight excluding hydrogens is 316 g/mol. The van der Waals surface area contributed by atoms with E-state index in [0.717, 1.165) is 31.7 Å². The van der Waals surface area contributed by atoms with Crippen molar-refractivity contribution in [1.82, 2.24) is 19.9 Å². The van der Waals surface area contributed by atoms with E-state index in [-0.39, 0.29) is 0 Å². The second-order valence-corrected chi connectivity index (χ2v) is 6.32. The fourth-order valence-electron chi connectivity index (χ4n) is 2.76. The Labute approximate surface area is 140 Å². The van der Waals surface area contributed by atoms with E-state index in [1.54, 1.807) is 0 Å². The van der Waals surface area contributed by atoms with E-state index in [2.05, 4.69) is 19.9 Å². The van der Waals surface area contributed by atoms with Gasteiger partial charge in [-0.1, -0.05) is 28.9 Å². The van der Waals surface area contributed by atoms with Crippen LogP contribution in [0.15, 0.2) is 28.8 Å². The maximum Gasteiger partial charge on any atom is 0.240 e. The molecule has 1 unspecified atom stereocenters. The fraction of sp³-hybridized carbons (Fsp3) is 0.500. The van der Waals surface area contributed by atoms with Crippen LogP contribution >= 0.6 is 11.6 Å². The lowest BCUT2D eigenvalue weighted by Gasteiger charge is -2.34. The van der Waals surface area contributed by atoms with E-state index in [9.17, 15) is 5.11 Å². The molecule has 1 aliphatic rings. The predicted molar refractivity (Wildman–Crippen MR) is 87.2 cm³/mol. The van der Waals surface area contributed by atoms with Gasteiger partial charge in [-0.25, -0.2) is 0 Å². The van der Waals surface area contributed by atoms with Crippen molar-refractivity contribution >= 4 is 11.6 Å². The lowest BCUT2D eigenvalue weighted by molar-refractivity contribution is 0.0663. The SMILES string of the molecule is Cc1noc(CN2CCN(CC(O)c3ccc(Cl)cc3)CC2)n1. The summed E-state index contributed by atoms with van der Waals surface area (Å²) in [6.07, 6.45) is -0.489. The quantitative estimate of drug-likeness (QED) is 0.899. The molecular formula is C16H21ClN4O2. The van der Waals surface area contributed by atoms with Crippen molar-refractivity contribution in [3.05, 3.63) is 46.6 Å². The van der Waals surface area contributed by atoms with Crippen LogP contribution in [-0.4, -0.2) is 57.8 Å². The molecule has 0 amide bonds. The molecule has 0 spiro atoms. The van der Waals surface area contributed by atoms with Gasteiger partial charge >= 0.3 is 0 Å². The lowest BCUT2D eigenvalue weighted by atomic mass is 10.1. The van der Waals surface area contributed by atoms with Crippen molar-refractivity contribution in [3.63, 3.8) is 0 Å². The first kappa shape index (κ1) is 16.4. The summed E-state index contributed by atoms with van der Waals surface area (Å²) in [5, 5.41) is 14.8. The van der Waals surface area contributed by atoms with Crippen LogP contribution in [0.1, 0.15) is 23.4 Å². The molecule has 6 nitrogen and oxygen atoms in total.